The van der Waals surface area contributed by atoms with Crippen LogP contribution in [-0.4, -0.2) is 46.0 Å². The third kappa shape index (κ3) is 5.70. The normalized spacial score (nSPS) is 11.8. The molecule has 140 valence electrons. The van der Waals surface area contributed by atoms with Crippen LogP contribution in [-0.2, 0) is 20.7 Å². The second kappa shape index (κ2) is 9.72. The molecular weight excluding hydrogens is 334 g/mol. The van der Waals surface area contributed by atoms with Crippen molar-refractivity contribution in [1.82, 2.24) is 15.1 Å². The lowest BCUT2D eigenvalue weighted by Gasteiger charge is -2.10. The maximum atomic E-state index is 11.8. The van der Waals surface area contributed by atoms with Crippen LogP contribution in [0.5, 0.6) is 0 Å². The minimum atomic E-state index is -1.38. The molecule has 1 aromatic carbocycles. The summed E-state index contributed by atoms with van der Waals surface area (Å²) < 4.78 is 6.55. The second-order valence-corrected chi connectivity index (χ2v) is 5.94. The number of aliphatic hydroxyl groups is 1. The van der Waals surface area contributed by atoms with Crippen LogP contribution in [0, 0.1) is 6.92 Å². The monoisotopic (exact) mass is 359 g/mol. The number of carbonyl (C=O) groups excluding carboxylic acids is 2. The number of carbonyl (C=O) groups is 2. The summed E-state index contributed by atoms with van der Waals surface area (Å²) in [5, 5.41) is 16.8. The molecule has 2 aromatic rings. The smallest absolute Gasteiger partial charge is 0.308 e. The van der Waals surface area contributed by atoms with Crippen molar-refractivity contribution in [3.05, 3.63) is 47.8 Å². The summed E-state index contributed by atoms with van der Waals surface area (Å²) in [4.78, 5) is 23.0. The number of nitrogens with one attached hydrogen (secondary N) is 1. The molecule has 2 N–H and O–H groups in total. The summed E-state index contributed by atoms with van der Waals surface area (Å²) in [6, 6.07) is 9.86. The Bertz CT molecular complexity index is 728. The summed E-state index contributed by atoms with van der Waals surface area (Å²) >= 11 is 0. The highest BCUT2D eigenvalue weighted by atomic mass is 16.5. The zero-order valence-electron chi connectivity index (χ0n) is 15.1. The van der Waals surface area contributed by atoms with Crippen molar-refractivity contribution >= 4 is 11.9 Å². The summed E-state index contributed by atoms with van der Waals surface area (Å²) in [5.74, 6) is -1.14. The molecule has 0 fully saturated rings. The number of aromatic nitrogens is 2. The Kier molecular flexibility index (Phi) is 7.35. The largest absolute Gasteiger partial charge is 0.466 e. The van der Waals surface area contributed by atoms with Crippen molar-refractivity contribution in [3.8, 4) is 5.69 Å². The van der Waals surface area contributed by atoms with Crippen molar-refractivity contribution in [2.24, 2.45) is 0 Å². The van der Waals surface area contributed by atoms with Gasteiger partial charge >= 0.3 is 5.97 Å². The number of amides is 1. The molecule has 0 saturated heterocycles. The zero-order chi connectivity index (χ0) is 18.9. The molecule has 1 aromatic heterocycles. The Labute approximate surface area is 153 Å². The Morgan fingerprint density at radius 2 is 2.04 bits per heavy atom. The number of para-hydroxylation sites is 1. The molecule has 1 heterocycles. The summed E-state index contributed by atoms with van der Waals surface area (Å²) in [6.07, 6.45) is 1.74. The fourth-order valence-corrected chi connectivity index (χ4v) is 2.53. The van der Waals surface area contributed by atoms with Gasteiger partial charge in [0.2, 0.25) is 5.91 Å². The van der Waals surface area contributed by atoms with Crippen molar-refractivity contribution in [2.75, 3.05) is 13.2 Å². The standard InChI is InChI=1S/C19H25N3O4/c1-3-26-18(24)12-17(23)19(25)20-11-7-8-15-13-22(21-14(15)2)16-9-5-4-6-10-16/h4-6,9-10,13,17,23H,3,7-8,11-12H2,1-2H3,(H,20,25). The van der Waals surface area contributed by atoms with Gasteiger partial charge in [-0.2, -0.15) is 5.10 Å². The fraction of sp³-hybridized carbons (Fsp3) is 0.421. The first kappa shape index (κ1) is 19.7. The van der Waals surface area contributed by atoms with Crippen molar-refractivity contribution in [1.29, 1.82) is 0 Å². The topological polar surface area (TPSA) is 93.5 Å². The van der Waals surface area contributed by atoms with Crippen LogP contribution in [0.25, 0.3) is 5.69 Å². The number of aryl methyl sites for hydroxylation is 2. The van der Waals surface area contributed by atoms with Gasteiger partial charge in [0.05, 0.1) is 24.4 Å². The van der Waals surface area contributed by atoms with Gasteiger partial charge in [-0.1, -0.05) is 18.2 Å². The van der Waals surface area contributed by atoms with Crippen LogP contribution < -0.4 is 5.32 Å². The Balaban J connectivity index is 1.77. The van der Waals surface area contributed by atoms with E-state index in [9.17, 15) is 14.7 Å². The van der Waals surface area contributed by atoms with Gasteiger partial charge in [0.15, 0.2) is 0 Å². The van der Waals surface area contributed by atoms with E-state index in [-0.39, 0.29) is 13.0 Å². The first-order valence-corrected chi connectivity index (χ1v) is 8.73. The number of benzene rings is 1. The van der Waals surface area contributed by atoms with E-state index in [0.29, 0.717) is 13.0 Å². The van der Waals surface area contributed by atoms with Crippen LogP contribution in [0.15, 0.2) is 36.5 Å². The maximum Gasteiger partial charge on any atom is 0.308 e. The lowest BCUT2D eigenvalue weighted by Crippen LogP contribution is -2.36. The van der Waals surface area contributed by atoms with E-state index in [4.69, 9.17) is 4.74 Å². The molecule has 0 bridgehead atoms. The summed E-state index contributed by atoms with van der Waals surface area (Å²) in [7, 11) is 0. The molecule has 7 heteroatoms. The number of ether oxygens (including phenoxy) is 1. The second-order valence-electron chi connectivity index (χ2n) is 5.94. The lowest BCUT2D eigenvalue weighted by molar-refractivity contribution is -0.148. The number of hydrogen-bond acceptors (Lipinski definition) is 5. The van der Waals surface area contributed by atoms with Gasteiger partial charge in [0.25, 0.3) is 0 Å². The molecule has 1 amide bonds. The van der Waals surface area contributed by atoms with E-state index in [1.165, 1.54) is 0 Å². The van der Waals surface area contributed by atoms with Crippen molar-refractivity contribution in [3.63, 3.8) is 0 Å². The van der Waals surface area contributed by atoms with Crippen LogP contribution in [0.1, 0.15) is 31.0 Å². The summed E-state index contributed by atoms with van der Waals surface area (Å²) in [6.45, 7) is 4.26. The van der Waals surface area contributed by atoms with Crippen LogP contribution in [0.3, 0.4) is 0 Å². The maximum absolute atomic E-state index is 11.8. The zero-order valence-corrected chi connectivity index (χ0v) is 15.1. The molecule has 0 aliphatic carbocycles. The Morgan fingerprint density at radius 1 is 1.31 bits per heavy atom. The van der Waals surface area contributed by atoms with Crippen LogP contribution >= 0.6 is 0 Å². The Morgan fingerprint density at radius 3 is 2.73 bits per heavy atom. The number of rotatable bonds is 9. The predicted molar refractivity (Wildman–Crippen MR) is 96.9 cm³/mol. The Hall–Kier alpha value is -2.67. The minimum Gasteiger partial charge on any atom is -0.466 e. The van der Waals surface area contributed by atoms with E-state index in [1.54, 1.807) is 6.92 Å². The fourth-order valence-electron chi connectivity index (χ4n) is 2.53. The van der Waals surface area contributed by atoms with E-state index >= 15 is 0 Å². The number of hydrogen-bond donors (Lipinski definition) is 2. The van der Waals surface area contributed by atoms with Gasteiger partial charge in [-0.25, -0.2) is 4.68 Å². The first-order chi connectivity index (χ1) is 12.5. The lowest BCUT2D eigenvalue weighted by atomic mass is 10.1. The average Bonchev–Trinajstić information content (AvgIpc) is 3.00. The SMILES string of the molecule is CCOC(=O)CC(O)C(=O)NCCCc1cn(-c2ccccc2)nc1C. The van der Waals surface area contributed by atoms with Crippen LogP contribution in [0.4, 0.5) is 0 Å². The first-order valence-electron chi connectivity index (χ1n) is 8.73. The van der Waals surface area contributed by atoms with Crippen molar-refractivity contribution < 1.29 is 19.4 Å². The van der Waals surface area contributed by atoms with Gasteiger partial charge in [-0.3, -0.25) is 9.59 Å². The van der Waals surface area contributed by atoms with Gasteiger partial charge in [-0.05, 0) is 44.4 Å². The number of aliphatic hydroxyl groups excluding tert-OH is 1. The molecule has 0 aliphatic heterocycles. The van der Waals surface area contributed by atoms with E-state index in [0.717, 1.165) is 23.4 Å². The molecule has 1 atom stereocenters. The molecular formula is C19H25N3O4. The molecule has 0 radical (unpaired) electrons. The molecule has 26 heavy (non-hydrogen) atoms. The molecule has 0 spiro atoms. The third-order valence-electron chi connectivity index (χ3n) is 3.91. The van der Waals surface area contributed by atoms with E-state index in [1.807, 2.05) is 48.1 Å². The molecule has 0 aliphatic rings. The third-order valence-corrected chi connectivity index (χ3v) is 3.91. The van der Waals surface area contributed by atoms with Gasteiger partial charge in [0.1, 0.15) is 6.10 Å². The number of nitrogens with zero attached hydrogens (tertiary/aromatic N) is 2. The highest BCUT2D eigenvalue weighted by Crippen LogP contribution is 2.13. The summed E-state index contributed by atoms with van der Waals surface area (Å²) in [5.41, 5.74) is 3.05. The molecule has 7 nitrogen and oxygen atoms in total. The molecule has 2 rings (SSSR count). The van der Waals surface area contributed by atoms with Crippen molar-refractivity contribution in [2.45, 2.75) is 39.2 Å². The number of esters is 1. The van der Waals surface area contributed by atoms with E-state index in [2.05, 4.69) is 10.4 Å². The van der Waals surface area contributed by atoms with Gasteiger partial charge < -0.3 is 15.2 Å². The molecule has 1 unspecified atom stereocenters. The van der Waals surface area contributed by atoms with Crippen LogP contribution in [0.2, 0.25) is 0 Å². The predicted octanol–water partition coefficient (Wildman–Crippen LogP) is 1.54. The average molecular weight is 359 g/mol. The van der Waals surface area contributed by atoms with Gasteiger partial charge in [-0.15, -0.1) is 0 Å². The quantitative estimate of drug-likeness (QED) is 0.523. The molecule has 0 saturated carbocycles. The van der Waals surface area contributed by atoms with Gasteiger partial charge in [0, 0.05) is 12.7 Å². The van der Waals surface area contributed by atoms with E-state index < -0.39 is 18.0 Å². The highest BCUT2D eigenvalue weighted by molar-refractivity contribution is 5.85. The minimum absolute atomic E-state index is 0.225. The highest BCUT2D eigenvalue weighted by Gasteiger charge is 2.19.